The summed E-state index contributed by atoms with van der Waals surface area (Å²) in [5, 5.41) is 14.4. The minimum Gasteiger partial charge on any atom is -0.370 e. The summed E-state index contributed by atoms with van der Waals surface area (Å²) in [6, 6.07) is 5.31. The van der Waals surface area contributed by atoms with Gasteiger partial charge in [-0.25, -0.2) is 4.98 Å². The van der Waals surface area contributed by atoms with Crippen molar-refractivity contribution in [2.45, 2.75) is 13.3 Å². The first-order valence-corrected chi connectivity index (χ1v) is 5.13. The number of pyridine rings is 1. The van der Waals surface area contributed by atoms with Crippen LogP contribution in [-0.2, 0) is 4.79 Å². The second-order valence-electron chi connectivity index (χ2n) is 3.17. The summed E-state index contributed by atoms with van der Waals surface area (Å²) < 4.78 is 0. The Morgan fingerprint density at radius 3 is 3.12 bits per heavy atom. The van der Waals surface area contributed by atoms with Gasteiger partial charge >= 0.3 is 0 Å². The van der Waals surface area contributed by atoms with Gasteiger partial charge in [0.05, 0.1) is 11.6 Å². The number of nitriles is 1. The van der Waals surface area contributed by atoms with E-state index in [1.54, 1.807) is 18.3 Å². The molecule has 0 atom stereocenters. The van der Waals surface area contributed by atoms with Gasteiger partial charge in [-0.05, 0) is 19.1 Å². The number of amides is 1. The Morgan fingerprint density at radius 1 is 1.62 bits per heavy atom. The molecule has 0 aliphatic rings. The van der Waals surface area contributed by atoms with Crippen molar-refractivity contribution in [3.8, 4) is 6.07 Å². The maximum Gasteiger partial charge on any atom is 0.221 e. The molecular formula is C11H14N4O. The SMILES string of the molecule is CCNC(=O)CCNc1cc(C#N)ccn1. The Bertz CT molecular complexity index is 397. The summed E-state index contributed by atoms with van der Waals surface area (Å²) >= 11 is 0. The molecule has 1 rings (SSSR count). The molecule has 0 spiro atoms. The van der Waals surface area contributed by atoms with Gasteiger partial charge in [-0.3, -0.25) is 4.79 Å². The number of hydrogen-bond donors (Lipinski definition) is 2. The molecule has 0 aliphatic carbocycles. The zero-order valence-electron chi connectivity index (χ0n) is 9.16. The molecule has 0 bridgehead atoms. The van der Waals surface area contributed by atoms with Crippen molar-refractivity contribution < 1.29 is 4.79 Å². The molecule has 5 heteroatoms. The van der Waals surface area contributed by atoms with Crippen molar-refractivity contribution >= 4 is 11.7 Å². The number of aromatic nitrogens is 1. The smallest absolute Gasteiger partial charge is 0.221 e. The molecule has 0 aromatic carbocycles. The Hall–Kier alpha value is -2.09. The minimum atomic E-state index is 0.00596. The fourth-order valence-electron chi connectivity index (χ4n) is 1.19. The van der Waals surface area contributed by atoms with Crippen molar-refractivity contribution in [2.75, 3.05) is 18.4 Å². The average Bonchev–Trinajstić information content (AvgIpc) is 2.30. The van der Waals surface area contributed by atoms with Crippen molar-refractivity contribution in [1.29, 1.82) is 5.26 Å². The van der Waals surface area contributed by atoms with E-state index in [1.165, 1.54) is 0 Å². The number of hydrogen-bond acceptors (Lipinski definition) is 4. The highest BCUT2D eigenvalue weighted by Gasteiger charge is 2.00. The summed E-state index contributed by atoms with van der Waals surface area (Å²) in [6.07, 6.45) is 1.96. The molecule has 84 valence electrons. The fraction of sp³-hybridized carbons (Fsp3) is 0.364. The maximum atomic E-state index is 11.1. The predicted octanol–water partition coefficient (Wildman–Crippen LogP) is 0.891. The topological polar surface area (TPSA) is 77.8 Å². The van der Waals surface area contributed by atoms with Crippen LogP contribution in [-0.4, -0.2) is 24.0 Å². The summed E-state index contributed by atoms with van der Waals surface area (Å²) in [5.41, 5.74) is 0.551. The van der Waals surface area contributed by atoms with Gasteiger partial charge in [-0.1, -0.05) is 0 Å². The molecule has 16 heavy (non-hydrogen) atoms. The molecule has 1 heterocycles. The van der Waals surface area contributed by atoms with Crippen LogP contribution in [0.2, 0.25) is 0 Å². The molecule has 0 fully saturated rings. The van der Waals surface area contributed by atoms with E-state index in [0.29, 0.717) is 30.9 Å². The van der Waals surface area contributed by atoms with Crippen molar-refractivity contribution in [3.05, 3.63) is 23.9 Å². The molecule has 5 nitrogen and oxygen atoms in total. The highest BCUT2D eigenvalue weighted by atomic mass is 16.1. The van der Waals surface area contributed by atoms with Crippen LogP contribution < -0.4 is 10.6 Å². The number of nitrogens with one attached hydrogen (secondary N) is 2. The molecule has 0 aliphatic heterocycles. The van der Waals surface area contributed by atoms with Gasteiger partial charge < -0.3 is 10.6 Å². The molecular weight excluding hydrogens is 204 g/mol. The molecule has 2 N–H and O–H groups in total. The molecule has 0 saturated carbocycles. The van der Waals surface area contributed by atoms with Gasteiger partial charge in [0, 0.05) is 25.7 Å². The van der Waals surface area contributed by atoms with Gasteiger partial charge in [0.15, 0.2) is 0 Å². The average molecular weight is 218 g/mol. The lowest BCUT2D eigenvalue weighted by atomic mass is 10.3. The zero-order valence-corrected chi connectivity index (χ0v) is 9.16. The highest BCUT2D eigenvalue weighted by molar-refractivity contribution is 5.76. The van der Waals surface area contributed by atoms with E-state index in [1.807, 2.05) is 13.0 Å². The number of carbonyl (C=O) groups excluding carboxylic acids is 1. The highest BCUT2D eigenvalue weighted by Crippen LogP contribution is 2.04. The summed E-state index contributed by atoms with van der Waals surface area (Å²) in [6.45, 7) is 3.03. The lowest BCUT2D eigenvalue weighted by Gasteiger charge is -2.05. The summed E-state index contributed by atoms with van der Waals surface area (Å²) in [5.74, 6) is 0.620. The van der Waals surface area contributed by atoms with Crippen LogP contribution >= 0.6 is 0 Å². The van der Waals surface area contributed by atoms with Crippen LogP contribution in [0.5, 0.6) is 0 Å². The van der Waals surface area contributed by atoms with Gasteiger partial charge in [0.25, 0.3) is 0 Å². The standard InChI is InChI=1S/C11H14N4O/c1-2-13-11(16)4-6-15-10-7-9(8-12)3-5-14-10/h3,5,7H,2,4,6H2,1H3,(H,13,16)(H,14,15). The fourth-order valence-corrected chi connectivity index (χ4v) is 1.19. The molecule has 1 aromatic heterocycles. The lowest BCUT2D eigenvalue weighted by Crippen LogP contribution is -2.24. The van der Waals surface area contributed by atoms with Crippen LogP contribution in [0.1, 0.15) is 18.9 Å². The predicted molar refractivity (Wildman–Crippen MR) is 60.7 cm³/mol. The van der Waals surface area contributed by atoms with Crippen molar-refractivity contribution in [1.82, 2.24) is 10.3 Å². The molecule has 0 radical (unpaired) electrons. The normalized spacial score (nSPS) is 9.25. The Labute approximate surface area is 94.5 Å². The Morgan fingerprint density at radius 2 is 2.44 bits per heavy atom. The molecule has 1 amide bonds. The second kappa shape index (κ2) is 6.40. The van der Waals surface area contributed by atoms with Crippen molar-refractivity contribution in [2.24, 2.45) is 0 Å². The third-order valence-electron chi connectivity index (χ3n) is 1.92. The molecule has 0 saturated heterocycles. The van der Waals surface area contributed by atoms with Gasteiger partial charge in [0.2, 0.25) is 5.91 Å². The lowest BCUT2D eigenvalue weighted by molar-refractivity contribution is -0.120. The third-order valence-corrected chi connectivity index (χ3v) is 1.92. The van der Waals surface area contributed by atoms with Crippen molar-refractivity contribution in [3.63, 3.8) is 0 Å². The Balaban J connectivity index is 2.37. The second-order valence-corrected chi connectivity index (χ2v) is 3.17. The minimum absolute atomic E-state index is 0.00596. The van der Waals surface area contributed by atoms with E-state index in [2.05, 4.69) is 15.6 Å². The van der Waals surface area contributed by atoms with Crippen LogP contribution in [0.15, 0.2) is 18.3 Å². The van der Waals surface area contributed by atoms with E-state index in [-0.39, 0.29) is 5.91 Å². The molecule has 0 unspecified atom stereocenters. The molecule has 1 aromatic rings. The summed E-state index contributed by atoms with van der Waals surface area (Å²) in [4.78, 5) is 15.2. The number of nitrogens with zero attached hydrogens (tertiary/aromatic N) is 2. The zero-order chi connectivity index (χ0) is 11.8. The van der Waals surface area contributed by atoms with Crippen LogP contribution in [0.3, 0.4) is 0 Å². The monoisotopic (exact) mass is 218 g/mol. The van der Waals surface area contributed by atoms with Crippen LogP contribution in [0, 0.1) is 11.3 Å². The van der Waals surface area contributed by atoms with Gasteiger partial charge in [-0.2, -0.15) is 5.26 Å². The van der Waals surface area contributed by atoms with E-state index in [4.69, 9.17) is 5.26 Å². The number of carbonyl (C=O) groups is 1. The third kappa shape index (κ3) is 3.96. The first-order valence-electron chi connectivity index (χ1n) is 5.13. The number of rotatable bonds is 5. The Kier molecular flexibility index (Phi) is 4.80. The van der Waals surface area contributed by atoms with E-state index < -0.39 is 0 Å². The van der Waals surface area contributed by atoms with Crippen LogP contribution in [0.25, 0.3) is 0 Å². The first-order chi connectivity index (χ1) is 7.76. The summed E-state index contributed by atoms with van der Waals surface area (Å²) in [7, 11) is 0. The van der Waals surface area contributed by atoms with E-state index >= 15 is 0 Å². The van der Waals surface area contributed by atoms with Crippen LogP contribution in [0.4, 0.5) is 5.82 Å². The van der Waals surface area contributed by atoms with E-state index in [0.717, 1.165) is 0 Å². The first kappa shape index (κ1) is 12.0. The number of anilines is 1. The quantitative estimate of drug-likeness (QED) is 0.769. The van der Waals surface area contributed by atoms with Gasteiger partial charge in [0.1, 0.15) is 5.82 Å². The van der Waals surface area contributed by atoms with E-state index in [9.17, 15) is 4.79 Å². The maximum absolute atomic E-state index is 11.1. The largest absolute Gasteiger partial charge is 0.370 e. The van der Waals surface area contributed by atoms with Gasteiger partial charge in [-0.15, -0.1) is 0 Å².